The zero-order chi connectivity index (χ0) is 14.7. The van der Waals surface area contributed by atoms with Crippen LogP contribution in [-0.4, -0.2) is 28.8 Å². The van der Waals surface area contributed by atoms with E-state index in [1.807, 2.05) is 39.0 Å². The van der Waals surface area contributed by atoms with Crippen molar-refractivity contribution in [2.45, 2.75) is 52.1 Å². The molecule has 1 heterocycles. The van der Waals surface area contributed by atoms with Crippen LogP contribution in [0.4, 0.5) is 5.69 Å². The zero-order valence-corrected chi connectivity index (χ0v) is 12.3. The Bertz CT molecular complexity index is 503. The molecule has 20 heavy (non-hydrogen) atoms. The van der Waals surface area contributed by atoms with E-state index >= 15 is 0 Å². The molecule has 1 N–H and O–H groups in total. The molecule has 1 aliphatic heterocycles. The molecule has 0 saturated carbocycles. The molecule has 1 aromatic carbocycles. The van der Waals surface area contributed by atoms with Gasteiger partial charge in [-0.15, -0.1) is 0 Å². The van der Waals surface area contributed by atoms with E-state index in [0.29, 0.717) is 5.69 Å². The second-order valence-electron chi connectivity index (χ2n) is 5.66. The molecule has 1 aromatic rings. The fourth-order valence-electron chi connectivity index (χ4n) is 2.85. The first-order valence-electron chi connectivity index (χ1n) is 7.19. The van der Waals surface area contributed by atoms with E-state index in [0.717, 1.165) is 24.8 Å². The first kappa shape index (κ1) is 14.6. The molecule has 2 unspecified atom stereocenters. The highest BCUT2D eigenvalue weighted by Crippen LogP contribution is 2.22. The van der Waals surface area contributed by atoms with Crippen LogP contribution in [-0.2, 0) is 9.59 Å². The molecule has 2 atom stereocenters. The van der Waals surface area contributed by atoms with Crippen molar-refractivity contribution in [2.75, 3.05) is 5.32 Å². The summed E-state index contributed by atoms with van der Waals surface area (Å²) in [5.74, 6) is -0.970. The molecular weight excluding hydrogens is 252 g/mol. The molecule has 0 radical (unpaired) electrons. The van der Waals surface area contributed by atoms with E-state index in [9.17, 15) is 9.59 Å². The van der Waals surface area contributed by atoms with E-state index in [2.05, 4.69) is 5.32 Å². The lowest BCUT2D eigenvalue weighted by molar-refractivity contribution is -0.147. The molecule has 4 nitrogen and oxygen atoms in total. The molecule has 1 fully saturated rings. The Balaban J connectivity index is 2.06. The minimum Gasteiger partial charge on any atom is -0.329 e. The van der Waals surface area contributed by atoms with Crippen LogP contribution in [0, 0.1) is 6.92 Å². The van der Waals surface area contributed by atoms with Crippen molar-refractivity contribution in [1.82, 2.24) is 4.90 Å². The summed E-state index contributed by atoms with van der Waals surface area (Å²) in [6, 6.07) is 7.73. The topological polar surface area (TPSA) is 49.4 Å². The normalized spacial score (nSPS) is 22.4. The number of benzene rings is 1. The quantitative estimate of drug-likeness (QED) is 0.800. The van der Waals surface area contributed by atoms with E-state index in [1.165, 1.54) is 0 Å². The predicted octanol–water partition coefficient (Wildman–Crippen LogP) is 2.72. The van der Waals surface area contributed by atoms with Crippen molar-refractivity contribution in [3.05, 3.63) is 29.8 Å². The maximum Gasteiger partial charge on any atom is 0.313 e. The number of rotatable bonds is 1. The number of aryl methyl sites for hydroxylation is 1. The largest absolute Gasteiger partial charge is 0.329 e. The van der Waals surface area contributed by atoms with E-state index < -0.39 is 11.8 Å². The summed E-state index contributed by atoms with van der Waals surface area (Å²) >= 11 is 0. The Morgan fingerprint density at radius 3 is 2.45 bits per heavy atom. The zero-order valence-electron chi connectivity index (χ0n) is 12.3. The first-order valence-corrected chi connectivity index (χ1v) is 7.19. The third-order valence-electron chi connectivity index (χ3n) is 3.90. The number of hydrogen-bond donors (Lipinski definition) is 1. The Morgan fingerprint density at radius 1 is 1.20 bits per heavy atom. The number of carbonyl (C=O) groups is 2. The van der Waals surface area contributed by atoms with Crippen molar-refractivity contribution in [3.63, 3.8) is 0 Å². The number of nitrogens with zero attached hydrogens (tertiary/aromatic N) is 1. The lowest BCUT2D eigenvalue weighted by Crippen LogP contribution is -2.51. The van der Waals surface area contributed by atoms with Gasteiger partial charge in [0.05, 0.1) is 0 Å². The van der Waals surface area contributed by atoms with Gasteiger partial charge in [0.25, 0.3) is 0 Å². The van der Waals surface area contributed by atoms with Gasteiger partial charge in [0, 0.05) is 17.8 Å². The van der Waals surface area contributed by atoms with Crippen LogP contribution in [0.3, 0.4) is 0 Å². The average molecular weight is 274 g/mol. The molecule has 2 rings (SSSR count). The van der Waals surface area contributed by atoms with Gasteiger partial charge in [0.2, 0.25) is 0 Å². The Morgan fingerprint density at radius 2 is 1.85 bits per heavy atom. The maximum absolute atomic E-state index is 12.3. The molecule has 2 amide bonds. The van der Waals surface area contributed by atoms with Gasteiger partial charge in [-0.2, -0.15) is 0 Å². The molecule has 1 aliphatic rings. The molecular formula is C16H22N2O2. The van der Waals surface area contributed by atoms with Gasteiger partial charge >= 0.3 is 11.8 Å². The van der Waals surface area contributed by atoms with Crippen LogP contribution >= 0.6 is 0 Å². The van der Waals surface area contributed by atoms with Gasteiger partial charge in [0.1, 0.15) is 0 Å². The third kappa shape index (κ3) is 3.18. The van der Waals surface area contributed by atoms with Gasteiger partial charge in [-0.3, -0.25) is 9.59 Å². The van der Waals surface area contributed by atoms with Crippen molar-refractivity contribution in [2.24, 2.45) is 0 Å². The van der Waals surface area contributed by atoms with Gasteiger partial charge in [-0.05, 0) is 57.7 Å². The molecule has 1 saturated heterocycles. The Kier molecular flexibility index (Phi) is 4.42. The summed E-state index contributed by atoms with van der Waals surface area (Å²) in [6.45, 7) is 5.97. The molecule has 0 spiro atoms. The smallest absolute Gasteiger partial charge is 0.313 e. The highest BCUT2D eigenvalue weighted by molar-refractivity contribution is 6.39. The van der Waals surface area contributed by atoms with Crippen LogP contribution in [0.15, 0.2) is 24.3 Å². The number of carbonyl (C=O) groups excluding carboxylic acids is 2. The SMILES string of the molecule is Cc1cccc(NC(=O)C(=O)N2C(C)CCCC2C)c1. The fourth-order valence-corrected chi connectivity index (χ4v) is 2.85. The number of likely N-dealkylation sites (tertiary alicyclic amines) is 1. The maximum atomic E-state index is 12.3. The molecule has 0 aromatic heterocycles. The Labute approximate surface area is 120 Å². The second-order valence-corrected chi connectivity index (χ2v) is 5.66. The number of anilines is 1. The van der Waals surface area contributed by atoms with E-state index in [-0.39, 0.29) is 12.1 Å². The molecule has 108 valence electrons. The average Bonchev–Trinajstić information content (AvgIpc) is 2.38. The van der Waals surface area contributed by atoms with Crippen molar-refractivity contribution in [1.29, 1.82) is 0 Å². The summed E-state index contributed by atoms with van der Waals surface area (Å²) < 4.78 is 0. The number of amides is 2. The van der Waals surface area contributed by atoms with Crippen LogP contribution < -0.4 is 5.32 Å². The monoisotopic (exact) mass is 274 g/mol. The Hall–Kier alpha value is -1.84. The van der Waals surface area contributed by atoms with Gasteiger partial charge in [-0.25, -0.2) is 0 Å². The lowest BCUT2D eigenvalue weighted by Gasteiger charge is -2.38. The molecule has 0 bridgehead atoms. The van der Waals surface area contributed by atoms with Gasteiger partial charge in [-0.1, -0.05) is 12.1 Å². The highest BCUT2D eigenvalue weighted by atomic mass is 16.2. The third-order valence-corrected chi connectivity index (χ3v) is 3.90. The first-order chi connectivity index (χ1) is 9.49. The summed E-state index contributed by atoms with van der Waals surface area (Å²) in [5.41, 5.74) is 1.72. The van der Waals surface area contributed by atoms with Crippen LogP contribution in [0.5, 0.6) is 0 Å². The minimum absolute atomic E-state index is 0.134. The van der Waals surface area contributed by atoms with Crippen molar-refractivity contribution < 1.29 is 9.59 Å². The molecule has 0 aliphatic carbocycles. The standard InChI is InChI=1S/C16H22N2O2/c1-11-6-4-9-14(10-11)17-15(19)16(20)18-12(2)7-5-8-13(18)3/h4,6,9-10,12-13H,5,7-8H2,1-3H3,(H,17,19). The summed E-state index contributed by atoms with van der Waals surface area (Å²) in [5, 5.41) is 2.69. The summed E-state index contributed by atoms with van der Waals surface area (Å²) in [7, 11) is 0. The van der Waals surface area contributed by atoms with Crippen molar-refractivity contribution in [3.8, 4) is 0 Å². The second kappa shape index (κ2) is 6.07. The van der Waals surface area contributed by atoms with Crippen LogP contribution in [0.1, 0.15) is 38.7 Å². The van der Waals surface area contributed by atoms with Crippen LogP contribution in [0.25, 0.3) is 0 Å². The van der Waals surface area contributed by atoms with Gasteiger partial charge < -0.3 is 10.2 Å². The van der Waals surface area contributed by atoms with Crippen LogP contribution in [0.2, 0.25) is 0 Å². The number of nitrogens with one attached hydrogen (secondary N) is 1. The minimum atomic E-state index is -0.545. The highest BCUT2D eigenvalue weighted by Gasteiger charge is 2.32. The van der Waals surface area contributed by atoms with Gasteiger partial charge in [0.15, 0.2) is 0 Å². The van der Waals surface area contributed by atoms with Crippen molar-refractivity contribution >= 4 is 17.5 Å². The van der Waals surface area contributed by atoms with E-state index in [4.69, 9.17) is 0 Å². The number of hydrogen-bond acceptors (Lipinski definition) is 2. The fraction of sp³-hybridized carbons (Fsp3) is 0.500. The predicted molar refractivity (Wildman–Crippen MR) is 79.4 cm³/mol. The summed E-state index contributed by atoms with van der Waals surface area (Å²) in [4.78, 5) is 26.2. The summed E-state index contributed by atoms with van der Waals surface area (Å²) in [6.07, 6.45) is 3.05. The lowest BCUT2D eigenvalue weighted by atomic mass is 9.97. The number of piperidine rings is 1. The molecule has 4 heteroatoms. The van der Waals surface area contributed by atoms with E-state index in [1.54, 1.807) is 11.0 Å².